The minimum absolute atomic E-state index is 0.0462. The highest BCUT2D eigenvalue weighted by molar-refractivity contribution is 5.75. The highest BCUT2D eigenvalue weighted by atomic mass is 16.5. The van der Waals surface area contributed by atoms with Crippen LogP contribution in [0.5, 0.6) is 0 Å². The highest BCUT2D eigenvalue weighted by Crippen LogP contribution is 2.29. The van der Waals surface area contributed by atoms with E-state index in [1.807, 2.05) is 53.9 Å². The Morgan fingerprint density at radius 2 is 2.10 bits per heavy atom. The number of hydrogen-bond donors (Lipinski definition) is 1. The molecule has 0 aliphatic carbocycles. The van der Waals surface area contributed by atoms with Gasteiger partial charge in [0.25, 0.3) is 5.89 Å². The Kier molecular flexibility index (Phi) is 5.33. The molecule has 1 aliphatic rings. The number of nitrogens with zero attached hydrogens (tertiary/aromatic N) is 5. The molecule has 0 saturated heterocycles. The second-order valence-electron chi connectivity index (χ2n) is 7.51. The second-order valence-corrected chi connectivity index (χ2v) is 7.51. The maximum absolute atomic E-state index is 12.6. The van der Waals surface area contributed by atoms with Crippen LogP contribution in [0.15, 0.2) is 34.9 Å². The number of aryl methyl sites for hydroxylation is 1. The average molecular weight is 394 g/mol. The van der Waals surface area contributed by atoms with Gasteiger partial charge in [-0.15, -0.1) is 0 Å². The van der Waals surface area contributed by atoms with E-state index < -0.39 is 0 Å². The number of rotatable bonds is 5. The van der Waals surface area contributed by atoms with Gasteiger partial charge in [0.1, 0.15) is 0 Å². The van der Waals surface area contributed by atoms with Crippen LogP contribution in [0.3, 0.4) is 0 Å². The first-order valence-corrected chi connectivity index (χ1v) is 10.0. The summed E-state index contributed by atoms with van der Waals surface area (Å²) in [6, 6.07) is 10.1. The molecule has 4 rings (SSSR count). The van der Waals surface area contributed by atoms with Crippen molar-refractivity contribution >= 4 is 6.03 Å². The van der Waals surface area contributed by atoms with Crippen LogP contribution < -0.4 is 5.32 Å². The molecular formula is C21H26N6O2. The molecule has 1 atom stereocenters. The fourth-order valence-corrected chi connectivity index (χ4v) is 3.54. The largest absolute Gasteiger partial charge is 0.336 e. The zero-order valence-electron chi connectivity index (χ0n) is 17.1. The second kappa shape index (κ2) is 8.06. The Bertz CT molecular complexity index is 994. The molecule has 8 heteroatoms. The van der Waals surface area contributed by atoms with Crippen LogP contribution in [0.4, 0.5) is 4.79 Å². The summed E-state index contributed by atoms with van der Waals surface area (Å²) >= 11 is 0. The van der Waals surface area contributed by atoms with Crippen LogP contribution in [0.25, 0.3) is 11.6 Å². The third-order valence-electron chi connectivity index (χ3n) is 5.39. The van der Waals surface area contributed by atoms with Gasteiger partial charge in [-0.2, -0.15) is 10.1 Å². The minimum atomic E-state index is -0.0462. The van der Waals surface area contributed by atoms with Crippen LogP contribution >= 0.6 is 0 Å². The lowest BCUT2D eigenvalue weighted by Crippen LogP contribution is -2.45. The maximum Gasteiger partial charge on any atom is 0.317 e. The van der Waals surface area contributed by atoms with Gasteiger partial charge in [-0.3, -0.25) is 4.68 Å². The van der Waals surface area contributed by atoms with E-state index in [-0.39, 0.29) is 12.1 Å². The monoisotopic (exact) mass is 394 g/mol. The predicted molar refractivity (Wildman–Crippen MR) is 108 cm³/mol. The molecule has 3 heterocycles. The van der Waals surface area contributed by atoms with Gasteiger partial charge in [-0.05, 0) is 18.9 Å². The molecular weight excluding hydrogens is 368 g/mol. The van der Waals surface area contributed by atoms with E-state index in [0.717, 1.165) is 29.7 Å². The molecule has 152 valence electrons. The lowest BCUT2D eigenvalue weighted by atomic mass is 10.1. The maximum atomic E-state index is 12.6. The van der Waals surface area contributed by atoms with Crippen molar-refractivity contribution in [3.05, 3.63) is 53.0 Å². The molecule has 1 N–H and O–H groups in total. The van der Waals surface area contributed by atoms with E-state index in [4.69, 9.17) is 4.52 Å². The first-order valence-electron chi connectivity index (χ1n) is 10.0. The van der Waals surface area contributed by atoms with Gasteiger partial charge in [0.05, 0.1) is 6.54 Å². The minimum Gasteiger partial charge on any atom is -0.336 e. The number of amides is 2. The van der Waals surface area contributed by atoms with Crippen LogP contribution in [0, 0.1) is 0 Å². The van der Waals surface area contributed by atoms with Crippen molar-refractivity contribution in [1.82, 2.24) is 30.1 Å². The molecule has 0 bridgehead atoms. The van der Waals surface area contributed by atoms with Gasteiger partial charge in [0, 0.05) is 43.7 Å². The number of benzene rings is 1. The molecule has 2 aromatic heterocycles. The van der Waals surface area contributed by atoms with Gasteiger partial charge >= 0.3 is 6.03 Å². The fraction of sp³-hybridized carbons (Fsp3) is 0.429. The van der Waals surface area contributed by atoms with Crippen molar-refractivity contribution in [2.24, 2.45) is 7.05 Å². The Morgan fingerprint density at radius 1 is 1.31 bits per heavy atom. The van der Waals surface area contributed by atoms with Gasteiger partial charge in [-0.1, -0.05) is 42.4 Å². The SMILES string of the molecule is CCC(C)NC(=O)N1CCc2c(c(-c3nc(Cc4ccccc4)no3)nn2C)C1. The first-order chi connectivity index (χ1) is 14.0. The summed E-state index contributed by atoms with van der Waals surface area (Å²) in [4.78, 5) is 19.0. The molecule has 3 aromatic rings. The summed E-state index contributed by atoms with van der Waals surface area (Å²) < 4.78 is 7.38. The van der Waals surface area contributed by atoms with Crippen LogP contribution in [0.1, 0.15) is 42.9 Å². The number of aromatic nitrogens is 4. The third-order valence-corrected chi connectivity index (χ3v) is 5.39. The standard InChI is InChI=1S/C21H26N6O2/c1-4-14(2)22-21(28)27-11-10-17-16(13-27)19(24-26(17)3)20-23-18(25-29-20)12-15-8-6-5-7-9-15/h5-9,14H,4,10-13H2,1-3H3,(H,22,28). The van der Waals surface area contributed by atoms with E-state index in [9.17, 15) is 4.79 Å². The normalized spacial score (nSPS) is 14.5. The van der Waals surface area contributed by atoms with Crippen LogP contribution in [-0.2, 0) is 26.4 Å². The molecule has 1 unspecified atom stereocenters. The fourth-order valence-electron chi connectivity index (χ4n) is 3.54. The number of nitrogens with one attached hydrogen (secondary N) is 1. The van der Waals surface area contributed by atoms with E-state index in [1.165, 1.54) is 0 Å². The number of urea groups is 1. The molecule has 1 aromatic carbocycles. The summed E-state index contributed by atoms with van der Waals surface area (Å²) in [6.45, 7) is 5.21. The zero-order chi connectivity index (χ0) is 20.4. The van der Waals surface area contributed by atoms with E-state index in [0.29, 0.717) is 36.9 Å². The van der Waals surface area contributed by atoms with Crippen molar-refractivity contribution in [2.45, 2.75) is 45.7 Å². The zero-order valence-corrected chi connectivity index (χ0v) is 17.1. The lowest BCUT2D eigenvalue weighted by Gasteiger charge is -2.28. The van der Waals surface area contributed by atoms with Gasteiger partial charge in [0.15, 0.2) is 11.5 Å². The molecule has 0 spiro atoms. The predicted octanol–water partition coefficient (Wildman–Crippen LogP) is 2.93. The molecule has 0 saturated carbocycles. The van der Waals surface area contributed by atoms with E-state index in [1.54, 1.807) is 0 Å². The van der Waals surface area contributed by atoms with Crippen molar-refractivity contribution in [2.75, 3.05) is 6.54 Å². The third kappa shape index (κ3) is 4.01. The molecule has 29 heavy (non-hydrogen) atoms. The van der Waals surface area contributed by atoms with Crippen molar-refractivity contribution in [3.63, 3.8) is 0 Å². The summed E-state index contributed by atoms with van der Waals surface area (Å²) in [6.07, 6.45) is 2.25. The smallest absolute Gasteiger partial charge is 0.317 e. The van der Waals surface area contributed by atoms with Gasteiger partial charge < -0.3 is 14.7 Å². The van der Waals surface area contributed by atoms with E-state index in [2.05, 4.69) is 27.5 Å². The van der Waals surface area contributed by atoms with Crippen LogP contribution in [0.2, 0.25) is 0 Å². The molecule has 0 radical (unpaired) electrons. The first kappa shape index (κ1) is 19.2. The quantitative estimate of drug-likeness (QED) is 0.719. The Morgan fingerprint density at radius 3 is 2.86 bits per heavy atom. The molecule has 8 nitrogen and oxygen atoms in total. The van der Waals surface area contributed by atoms with E-state index >= 15 is 0 Å². The summed E-state index contributed by atoms with van der Waals surface area (Å²) in [5.74, 6) is 1.02. The van der Waals surface area contributed by atoms with Gasteiger partial charge in [-0.25, -0.2) is 4.79 Å². The molecule has 1 aliphatic heterocycles. The Labute approximate surface area is 169 Å². The van der Waals surface area contributed by atoms with Crippen molar-refractivity contribution < 1.29 is 9.32 Å². The van der Waals surface area contributed by atoms with Crippen molar-refractivity contribution in [1.29, 1.82) is 0 Å². The summed E-state index contributed by atoms with van der Waals surface area (Å²) in [5.41, 5.74) is 3.87. The highest BCUT2D eigenvalue weighted by Gasteiger charge is 2.29. The lowest BCUT2D eigenvalue weighted by molar-refractivity contribution is 0.188. The van der Waals surface area contributed by atoms with Gasteiger partial charge in [0.2, 0.25) is 0 Å². The molecule has 2 amide bonds. The topological polar surface area (TPSA) is 89.1 Å². The van der Waals surface area contributed by atoms with Crippen LogP contribution in [-0.4, -0.2) is 43.4 Å². The Hall–Kier alpha value is -3.16. The molecule has 0 fully saturated rings. The summed E-state index contributed by atoms with van der Waals surface area (Å²) in [5, 5.41) is 11.8. The average Bonchev–Trinajstić information content (AvgIpc) is 3.32. The number of fused-ring (bicyclic) bond motifs is 1. The number of hydrogen-bond acceptors (Lipinski definition) is 5. The number of carbonyl (C=O) groups excluding carboxylic acids is 1. The Balaban J connectivity index is 1.55. The number of carbonyl (C=O) groups is 1. The van der Waals surface area contributed by atoms with Crippen molar-refractivity contribution in [3.8, 4) is 11.6 Å². The summed E-state index contributed by atoms with van der Waals surface area (Å²) in [7, 11) is 1.92.